The largest absolute Gasteiger partial charge is 0.351 e. The molecule has 5 heteroatoms. The molecule has 23 heavy (non-hydrogen) atoms. The summed E-state index contributed by atoms with van der Waals surface area (Å²) in [6.07, 6.45) is 3.54. The van der Waals surface area contributed by atoms with Crippen molar-refractivity contribution in [3.8, 4) is 0 Å². The Morgan fingerprint density at radius 2 is 2.00 bits per heavy atom. The summed E-state index contributed by atoms with van der Waals surface area (Å²) in [6, 6.07) is 8.19. The lowest BCUT2D eigenvalue weighted by Gasteiger charge is -2.20. The van der Waals surface area contributed by atoms with Gasteiger partial charge in [-0.2, -0.15) is 0 Å². The van der Waals surface area contributed by atoms with Crippen molar-refractivity contribution in [2.75, 3.05) is 5.75 Å². The lowest BCUT2D eigenvalue weighted by atomic mass is 10.1. The Bertz CT molecular complexity index is 658. The average molecular weight is 334 g/mol. The van der Waals surface area contributed by atoms with Crippen LogP contribution in [0.5, 0.6) is 0 Å². The number of nitrogens with zero attached hydrogens (tertiary/aromatic N) is 2. The van der Waals surface area contributed by atoms with Crippen LogP contribution in [-0.2, 0) is 11.3 Å². The summed E-state index contributed by atoms with van der Waals surface area (Å²) in [6.45, 7) is 9.15. The van der Waals surface area contributed by atoms with Gasteiger partial charge in [-0.3, -0.25) is 4.79 Å². The van der Waals surface area contributed by atoms with Crippen molar-refractivity contribution in [3.63, 3.8) is 0 Å². The number of benzene rings is 1. The minimum Gasteiger partial charge on any atom is -0.351 e. The summed E-state index contributed by atoms with van der Waals surface area (Å²) < 4.78 is 2.25. The van der Waals surface area contributed by atoms with Crippen LogP contribution >= 0.6 is 11.8 Å². The number of aryl methyl sites for hydroxylation is 1. The van der Waals surface area contributed by atoms with E-state index in [9.17, 15) is 4.79 Å². The van der Waals surface area contributed by atoms with Crippen molar-refractivity contribution in [2.24, 2.45) is 0 Å². The molecule has 0 aliphatic heterocycles. The molecule has 1 amide bonds. The zero-order valence-corrected chi connectivity index (χ0v) is 15.4. The molecule has 0 radical (unpaired) electrons. The van der Waals surface area contributed by atoms with Gasteiger partial charge in [0.15, 0.2) is 5.16 Å². The summed E-state index contributed by atoms with van der Waals surface area (Å²) in [5.41, 5.74) is 1.96. The minimum absolute atomic E-state index is 0.0506. The Hall–Kier alpha value is -1.49. The van der Waals surface area contributed by atoms with E-state index >= 15 is 0 Å². The molecule has 1 aromatic heterocycles. The molecule has 2 aromatic rings. The maximum Gasteiger partial charge on any atom is 0.230 e. The van der Waals surface area contributed by atoms with Gasteiger partial charge in [-0.05, 0) is 39.3 Å². The predicted octanol–water partition coefficient (Wildman–Crippen LogP) is 4.23. The average Bonchev–Trinajstić information content (AvgIpc) is 2.82. The van der Waals surface area contributed by atoms with Gasteiger partial charge in [0.1, 0.15) is 0 Å². The van der Waals surface area contributed by atoms with Gasteiger partial charge in [0, 0.05) is 12.1 Å². The first kappa shape index (κ1) is 17.9. The molecule has 0 fully saturated rings. The molecule has 1 aromatic carbocycles. The molecule has 1 heterocycles. The Kier molecular flexibility index (Phi) is 6.10. The van der Waals surface area contributed by atoms with Crippen LogP contribution in [0.1, 0.15) is 47.0 Å². The second-order valence-corrected chi connectivity index (χ2v) is 7.77. The van der Waals surface area contributed by atoms with Gasteiger partial charge in [-0.25, -0.2) is 4.98 Å². The molecule has 0 aliphatic carbocycles. The first-order valence-electron chi connectivity index (χ1n) is 8.30. The van der Waals surface area contributed by atoms with Gasteiger partial charge in [0.25, 0.3) is 0 Å². The third kappa shape index (κ3) is 5.27. The normalized spacial score (nSPS) is 11.8. The highest BCUT2D eigenvalue weighted by Crippen LogP contribution is 2.24. The highest BCUT2D eigenvalue weighted by molar-refractivity contribution is 7.99. The van der Waals surface area contributed by atoms with Crippen LogP contribution in [0, 0.1) is 0 Å². The van der Waals surface area contributed by atoms with E-state index in [0.29, 0.717) is 5.75 Å². The Morgan fingerprint density at radius 3 is 2.70 bits per heavy atom. The number of thioether (sulfide) groups is 1. The molecular formula is C18H27N3OS. The summed E-state index contributed by atoms with van der Waals surface area (Å²) in [7, 11) is 0. The number of aromatic nitrogens is 2. The third-order valence-corrected chi connectivity index (χ3v) is 4.43. The molecule has 0 unspecified atom stereocenters. The third-order valence-electron chi connectivity index (χ3n) is 3.45. The number of nitrogens with one attached hydrogen (secondary N) is 1. The highest BCUT2D eigenvalue weighted by atomic mass is 32.2. The van der Waals surface area contributed by atoms with E-state index in [2.05, 4.69) is 22.9 Å². The van der Waals surface area contributed by atoms with E-state index in [0.717, 1.165) is 29.2 Å². The highest BCUT2D eigenvalue weighted by Gasteiger charge is 2.16. The molecule has 1 N–H and O–H groups in total. The second-order valence-electron chi connectivity index (χ2n) is 6.83. The number of amides is 1. The zero-order valence-electron chi connectivity index (χ0n) is 14.6. The van der Waals surface area contributed by atoms with E-state index in [-0.39, 0.29) is 11.4 Å². The summed E-state index contributed by atoms with van der Waals surface area (Å²) in [4.78, 5) is 16.8. The molecule has 0 aliphatic rings. The quantitative estimate of drug-likeness (QED) is 0.609. The summed E-state index contributed by atoms with van der Waals surface area (Å²) in [5.74, 6) is 0.448. The number of carbonyl (C=O) groups is 1. The van der Waals surface area contributed by atoms with Crippen molar-refractivity contribution in [3.05, 3.63) is 24.3 Å². The predicted molar refractivity (Wildman–Crippen MR) is 97.9 cm³/mol. The van der Waals surface area contributed by atoms with Crippen LogP contribution in [0.4, 0.5) is 0 Å². The van der Waals surface area contributed by atoms with Crippen LogP contribution in [0.3, 0.4) is 0 Å². The number of carbonyl (C=O) groups excluding carboxylic acids is 1. The molecule has 4 nitrogen and oxygen atoms in total. The Balaban J connectivity index is 2.12. The first-order chi connectivity index (χ1) is 10.9. The minimum atomic E-state index is -0.196. The first-order valence-corrected chi connectivity index (χ1v) is 9.28. The van der Waals surface area contributed by atoms with Crippen LogP contribution in [0.15, 0.2) is 29.4 Å². The van der Waals surface area contributed by atoms with E-state index in [4.69, 9.17) is 4.98 Å². The number of hydrogen-bond donors (Lipinski definition) is 1. The van der Waals surface area contributed by atoms with Gasteiger partial charge in [0.2, 0.25) is 5.91 Å². The molecule has 2 rings (SSSR count). The summed E-state index contributed by atoms with van der Waals surface area (Å²) in [5, 5.41) is 3.93. The molecule has 0 saturated heterocycles. The molecule has 126 valence electrons. The van der Waals surface area contributed by atoms with Crippen LogP contribution < -0.4 is 5.32 Å². The fourth-order valence-electron chi connectivity index (χ4n) is 2.48. The van der Waals surface area contributed by atoms with Gasteiger partial charge in [-0.15, -0.1) is 0 Å². The van der Waals surface area contributed by atoms with Gasteiger partial charge < -0.3 is 9.88 Å². The molecule has 0 bridgehead atoms. The van der Waals surface area contributed by atoms with E-state index < -0.39 is 0 Å². The second kappa shape index (κ2) is 7.86. The maximum absolute atomic E-state index is 12.0. The molecule has 0 saturated carbocycles. The zero-order chi connectivity index (χ0) is 16.9. The fourth-order valence-corrected chi connectivity index (χ4v) is 3.32. The molecule has 0 spiro atoms. The van der Waals surface area contributed by atoms with Crippen molar-refractivity contribution in [1.29, 1.82) is 0 Å². The van der Waals surface area contributed by atoms with Crippen molar-refractivity contribution < 1.29 is 4.79 Å². The number of imidazole rings is 1. The van der Waals surface area contributed by atoms with E-state index in [1.54, 1.807) is 0 Å². The number of rotatable bonds is 7. The van der Waals surface area contributed by atoms with E-state index in [1.807, 2.05) is 39.0 Å². The number of hydrogen-bond acceptors (Lipinski definition) is 3. The molecule has 0 atom stereocenters. The van der Waals surface area contributed by atoms with E-state index in [1.165, 1.54) is 24.6 Å². The monoisotopic (exact) mass is 333 g/mol. The van der Waals surface area contributed by atoms with Crippen molar-refractivity contribution >= 4 is 28.7 Å². The van der Waals surface area contributed by atoms with Gasteiger partial charge in [-0.1, -0.05) is 43.7 Å². The number of fused-ring (bicyclic) bond motifs is 1. The topological polar surface area (TPSA) is 46.9 Å². The lowest BCUT2D eigenvalue weighted by Crippen LogP contribution is -2.41. The maximum atomic E-state index is 12.0. The molecular weight excluding hydrogens is 306 g/mol. The van der Waals surface area contributed by atoms with Crippen LogP contribution in [0.25, 0.3) is 11.0 Å². The fraction of sp³-hybridized carbons (Fsp3) is 0.556. The van der Waals surface area contributed by atoms with Crippen molar-refractivity contribution in [1.82, 2.24) is 14.9 Å². The van der Waals surface area contributed by atoms with Gasteiger partial charge in [0.05, 0.1) is 16.8 Å². The lowest BCUT2D eigenvalue weighted by molar-refractivity contribution is -0.119. The van der Waals surface area contributed by atoms with Crippen LogP contribution in [0.2, 0.25) is 0 Å². The smallest absolute Gasteiger partial charge is 0.230 e. The number of unbranched alkanes of at least 4 members (excludes halogenated alkanes) is 2. The Labute approximate surface area is 143 Å². The Morgan fingerprint density at radius 1 is 1.26 bits per heavy atom. The summed E-state index contributed by atoms with van der Waals surface area (Å²) >= 11 is 1.52. The van der Waals surface area contributed by atoms with Gasteiger partial charge >= 0.3 is 0 Å². The SMILES string of the molecule is CCCCCn1c(SCC(=O)NC(C)(C)C)nc2ccccc21. The number of para-hydroxylation sites is 2. The standard InChI is InChI=1S/C18H27N3OS/c1-5-6-9-12-21-15-11-8-7-10-14(15)19-17(21)23-13-16(22)20-18(2,3)4/h7-8,10-11H,5-6,9,12-13H2,1-4H3,(H,20,22). The van der Waals surface area contributed by atoms with Crippen molar-refractivity contribution in [2.45, 2.75) is 64.2 Å². The van der Waals surface area contributed by atoms with Crippen LogP contribution in [-0.4, -0.2) is 26.8 Å².